The van der Waals surface area contributed by atoms with Crippen molar-refractivity contribution in [3.63, 3.8) is 0 Å². The summed E-state index contributed by atoms with van der Waals surface area (Å²) in [6.07, 6.45) is 3.19. The average Bonchev–Trinajstić information content (AvgIpc) is 3.06. The van der Waals surface area contributed by atoms with Gasteiger partial charge < -0.3 is 29.4 Å². The molecular weight excluding hydrogens is 575 g/mol. The SMILES string of the molecule is CCCCCOc1ccc(C(=O)Oc2ccc3c(c2)OC(N)=C(C#N)C3c2ccc(OCc3ccc(F)cc3)c(OC)c2)cc1. The van der Waals surface area contributed by atoms with E-state index in [-0.39, 0.29) is 29.6 Å². The Kier molecular flexibility index (Phi) is 9.85. The largest absolute Gasteiger partial charge is 0.494 e. The Balaban J connectivity index is 1.33. The highest BCUT2D eigenvalue weighted by Gasteiger charge is 2.32. The average molecular weight is 609 g/mol. The van der Waals surface area contributed by atoms with Crippen LogP contribution in [0.2, 0.25) is 0 Å². The summed E-state index contributed by atoms with van der Waals surface area (Å²) in [5.74, 6) is 0.737. The van der Waals surface area contributed by atoms with Gasteiger partial charge in [0.05, 0.1) is 25.2 Å². The minimum Gasteiger partial charge on any atom is -0.494 e. The predicted molar refractivity (Wildman–Crippen MR) is 166 cm³/mol. The normalized spacial score (nSPS) is 13.7. The number of ether oxygens (including phenoxy) is 5. The molecule has 4 aromatic carbocycles. The number of rotatable bonds is 12. The lowest BCUT2D eigenvalue weighted by atomic mass is 9.83. The van der Waals surface area contributed by atoms with Crippen LogP contribution in [0, 0.1) is 17.1 Å². The van der Waals surface area contributed by atoms with Crippen LogP contribution in [0.5, 0.6) is 28.7 Å². The molecule has 1 atom stereocenters. The topological polar surface area (TPSA) is 113 Å². The molecule has 2 N–H and O–H groups in total. The third kappa shape index (κ3) is 7.36. The van der Waals surface area contributed by atoms with Crippen LogP contribution in [-0.2, 0) is 6.61 Å². The monoisotopic (exact) mass is 608 g/mol. The zero-order valence-electron chi connectivity index (χ0n) is 25.0. The van der Waals surface area contributed by atoms with Gasteiger partial charge in [0.25, 0.3) is 0 Å². The molecule has 0 fully saturated rings. The third-order valence-electron chi connectivity index (χ3n) is 7.34. The lowest BCUT2D eigenvalue weighted by Crippen LogP contribution is -2.21. The number of esters is 1. The van der Waals surface area contributed by atoms with E-state index in [1.807, 2.05) is 6.07 Å². The van der Waals surface area contributed by atoms with Gasteiger partial charge in [-0.25, -0.2) is 9.18 Å². The van der Waals surface area contributed by atoms with E-state index in [4.69, 9.17) is 29.4 Å². The maximum atomic E-state index is 13.3. The maximum Gasteiger partial charge on any atom is 0.343 e. The van der Waals surface area contributed by atoms with Crippen LogP contribution in [0.3, 0.4) is 0 Å². The van der Waals surface area contributed by atoms with E-state index >= 15 is 0 Å². The highest BCUT2D eigenvalue weighted by molar-refractivity contribution is 5.91. The number of benzene rings is 4. The van der Waals surface area contributed by atoms with Crippen LogP contribution in [0.15, 0.2) is 96.4 Å². The molecule has 1 aliphatic heterocycles. The van der Waals surface area contributed by atoms with Crippen molar-refractivity contribution in [3.8, 4) is 34.8 Å². The molecule has 1 unspecified atom stereocenters. The summed E-state index contributed by atoms with van der Waals surface area (Å²) in [7, 11) is 1.52. The molecule has 5 rings (SSSR count). The molecule has 8 nitrogen and oxygen atoms in total. The number of unbranched alkanes of at least 4 members (excludes halogenated alkanes) is 2. The third-order valence-corrected chi connectivity index (χ3v) is 7.34. The van der Waals surface area contributed by atoms with Crippen molar-refractivity contribution in [1.29, 1.82) is 5.26 Å². The molecule has 230 valence electrons. The number of nitrogens with two attached hydrogens (primary N) is 1. The summed E-state index contributed by atoms with van der Waals surface area (Å²) >= 11 is 0. The second-order valence-electron chi connectivity index (χ2n) is 10.4. The highest BCUT2D eigenvalue weighted by Crippen LogP contribution is 2.45. The first-order valence-corrected chi connectivity index (χ1v) is 14.6. The lowest BCUT2D eigenvalue weighted by Gasteiger charge is -2.27. The standard InChI is InChI=1S/C36H33FN2O6/c1-3-4-5-18-42-27-13-8-24(9-14-27)36(40)44-28-15-16-29-32(20-28)45-35(39)30(21-38)34(29)25-10-17-31(33(19-25)41-2)43-22-23-6-11-26(37)12-7-23/h6-17,19-20,34H,3-5,18,22,39H2,1-2H3. The van der Waals surface area contributed by atoms with Crippen LogP contribution >= 0.6 is 0 Å². The number of allylic oxidation sites excluding steroid dienone is 1. The molecule has 4 aromatic rings. The second-order valence-corrected chi connectivity index (χ2v) is 10.4. The number of fused-ring (bicyclic) bond motifs is 1. The van der Waals surface area contributed by atoms with Gasteiger partial charge in [0.2, 0.25) is 5.88 Å². The Morgan fingerprint density at radius 3 is 2.40 bits per heavy atom. The van der Waals surface area contributed by atoms with Gasteiger partial charge >= 0.3 is 5.97 Å². The molecular formula is C36H33FN2O6. The van der Waals surface area contributed by atoms with Crippen molar-refractivity contribution in [2.24, 2.45) is 5.73 Å². The van der Waals surface area contributed by atoms with Gasteiger partial charge in [-0.1, -0.05) is 44.0 Å². The Morgan fingerprint density at radius 1 is 0.933 bits per heavy atom. The van der Waals surface area contributed by atoms with E-state index < -0.39 is 11.9 Å². The number of carbonyl (C=O) groups is 1. The van der Waals surface area contributed by atoms with Crippen LogP contribution in [0.1, 0.15) is 59.2 Å². The van der Waals surface area contributed by atoms with Crippen molar-refractivity contribution >= 4 is 5.97 Å². The molecule has 0 bridgehead atoms. The molecule has 45 heavy (non-hydrogen) atoms. The number of hydrogen-bond donors (Lipinski definition) is 1. The van der Waals surface area contributed by atoms with Gasteiger partial charge in [0, 0.05) is 11.6 Å². The fraction of sp³-hybridized carbons (Fsp3) is 0.222. The zero-order valence-corrected chi connectivity index (χ0v) is 25.0. The number of nitriles is 1. The summed E-state index contributed by atoms with van der Waals surface area (Å²) < 4.78 is 41.9. The fourth-order valence-corrected chi connectivity index (χ4v) is 4.96. The zero-order chi connectivity index (χ0) is 31.8. The fourth-order valence-electron chi connectivity index (χ4n) is 4.96. The molecule has 1 aliphatic rings. The summed E-state index contributed by atoms with van der Waals surface area (Å²) in [5, 5.41) is 9.99. The van der Waals surface area contributed by atoms with E-state index in [0.29, 0.717) is 46.3 Å². The predicted octanol–water partition coefficient (Wildman–Crippen LogP) is 7.42. The van der Waals surface area contributed by atoms with Crippen molar-refractivity contribution < 1.29 is 32.9 Å². The van der Waals surface area contributed by atoms with E-state index in [9.17, 15) is 14.4 Å². The molecule has 0 saturated heterocycles. The number of hydrogen-bond acceptors (Lipinski definition) is 8. The van der Waals surface area contributed by atoms with Gasteiger partial charge in [-0.15, -0.1) is 0 Å². The van der Waals surface area contributed by atoms with Gasteiger partial charge in [-0.05, 0) is 72.1 Å². The minimum atomic E-state index is -0.576. The molecule has 0 saturated carbocycles. The van der Waals surface area contributed by atoms with E-state index in [1.165, 1.54) is 19.2 Å². The van der Waals surface area contributed by atoms with Crippen molar-refractivity contribution in [1.82, 2.24) is 0 Å². The Hall–Kier alpha value is -5.49. The molecule has 0 aliphatic carbocycles. The maximum absolute atomic E-state index is 13.3. The van der Waals surface area contributed by atoms with Crippen molar-refractivity contribution in [2.75, 3.05) is 13.7 Å². The quantitative estimate of drug-likeness (QED) is 0.100. The van der Waals surface area contributed by atoms with E-state index in [0.717, 1.165) is 24.8 Å². The van der Waals surface area contributed by atoms with Crippen LogP contribution < -0.4 is 29.4 Å². The Morgan fingerprint density at radius 2 is 1.69 bits per heavy atom. The number of carbonyl (C=O) groups excluding carboxylic acids is 1. The molecule has 1 heterocycles. The van der Waals surface area contributed by atoms with Crippen molar-refractivity contribution in [3.05, 3.63) is 124 Å². The van der Waals surface area contributed by atoms with Gasteiger partial charge in [-0.2, -0.15) is 5.26 Å². The summed E-state index contributed by atoms with van der Waals surface area (Å²) in [5.41, 5.74) is 8.96. The first-order chi connectivity index (χ1) is 21.9. The lowest BCUT2D eigenvalue weighted by molar-refractivity contribution is 0.0734. The molecule has 0 amide bonds. The number of methoxy groups -OCH3 is 1. The summed E-state index contributed by atoms with van der Waals surface area (Å²) in [6.45, 7) is 2.97. The van der Waals surface area contributed by atoms with Crippen molar-refractivity contribution in [2.45, 2.75) is 38.7 Å². The number of nitrogens with zero attached hydrogens (tertiary/aromatic N) is 1. The van der Waals surface area contributed by atoms with Crippen LogP contribution in [0.25, 0.3) is 0 Å². The van der Waals surface area contributed by atoms with Gasteiger partial charge in [0.15, 0.2) is 11.5 Å². The molecule has 0 spiro atoms. The molecule has 9 heteroatoms. The van der Waals surface area contributed by atoms with Gasteiger partial charge in [0.1, 0.15) is 41.3 Å². The first-order valence-electron chi connectivity index (χ1n) is 14.6. The Labute approximate surface area is 261 Å². The first kappa shape index (κ1) is 31.0. The van der Waals surface area contributed by atoms with E-state index in [2.05, 4.69) is 13.0 Å². The smallest absolute Gasteiger partial charge is 0.343 e. The van der Waals surface area contributed by atoms with E-state index in [1.54, 1.807) is 66.7 Å². The second kappa shape index (κ2) is 14.3. The highest BCUT2D eigenvalue weighted by atomic mass is 19.1. The van der Waals surface area contributed by atoms with Gasteiger partial charge in [-0.3, -0.25) is 0 Å². The minimum absolute atomic E-state index is 0.0522. The summed E-state index contributed by atoms with van der Waals surface area (Å²) in [4.78, 5) is 12.9. The van der Waals surface area contributed by atoms with Crippen LogP contribution in [-0.4, -0.2) is 19.7 Å². The Bertz CT molecular complexity index is 1730. The molecule has 0 radical (unpaired) electrons. The number of halogens is 1. The molecule has 0 aromatic heterocycles. The van der Waals surface area contributed by atoms with Crippen LogP contribution in [0.4, 0.5) is 4.39 Å². The summed E-state index contributed by atoms with van der Waals surface area (Å²) in [6, 6.07) is 25.3.